The normalized spacial score (nSPS) is 17.6. The molecule has 1 aliphatic heterocycles. The summed E-state index contributed by atoms with van der Waals surface area (Å²) in [6.45, 7) is 2.63. The van der Waals surface area contributed by atoms with Gasteiger partial charge in [0.05, 0.1) is 24.9 Å². The Labute approximate surface area is 128 Å². The minimum Gasteiger partial charge on any atom is -0.466 e. The number of carbonyl (C=O) groups is 1. The van der Waals surface area contributed by atoms with Crippen molar-refractivity contribution < 1.29 is 17.9 Å². The van der Waals surface area contributed by atoms with Crippen molar-refractivity contribution >= 4 is 27.6 Å². The molecule has 1 aromatic heterocycles. The zero-order valence-corrected chi connectivity index (χ0v) is 13.1. The van der Waals surface area contributed by atoms with Crippen molar-refractivity contribution in [3.63, 3.8) is 0 Å². The maximum atomic E-state index is 12.4. The molecule has 1 aliphatic rings. The van der Waals surface area contributed by atoms with Crippen LogP contribution in [0.15, 0.2) is 17.3 Å². The second kappa shape index (κ2) is 6.67. The van der Waals surface area contributed by atoms with Crippen molar-refractivity contribution in [1.82, 2.24) is 14.3 Å². The molecule has 2 heterocycles. The highest BCUT2D eigenvalue weighted by atomic mass is 35.5. The lowest BCUT2D eigenvalue weighted by molar-refractivity contribution is -0.149. The van der Waals surface area contributed by atoms with Gasteiger partial charge < -0.3 is 4.74 Å². The minimum absolute atomic E-state index is 0.00137. The average Bonchev–Trinajstić information content (AvgIpc) is 2.48. The second-order valence-corrected chi connectivity index (χ2v) is 6.89. The molecule has 0 amide bonds. The van der Waals surface area contributed by atoms with Crippen molar-refractivity contribution in [3.05, 3.63) is 17.7 Å². The van der Waals surface area contributed by atoms with Crippen LogP contribution in [0.3, 0.4) is 0 Å². The number of rotatable bonds is 4. The van der Waals surface area contributed by atoms with Gasteiger partial charge in [0.1, 0.15) is 4.90 Å². The summed E-state index contributed by atoms with van der Waals surface area (Å²) in [5.41, 5.74) is 0. The Kier molecular flexibility index (Phi) is 5.13. The van der Waals surface area contributed by atoms with Gasteiger partial charge in [0.15, 0.2) is 0 Å². The Hall–Kier alpha value is -1.25. The molecule has 0 spiro atoms. The SMILES string of the molecule is CCOC(=O)C1CCN(S(=O)(=O)c2cnc(Cl)nc2)CC1. The zero-order valence-electron chi connectivity index (χ0n) is 11.5. The third-order valence-corrected chi connectivity index (χ3v) is 5.35. The molecule has 0 atom stereocenters. The smallest absolute Gasteiger partial charge is 0.309 e. The van der Waals surface area contributed by atoms with Gasteiger partial charge in [-0.2, -0.15) is 4.31 Å². The molecular weight excluding hydrogens is 318 g/mol. The number of esters is 1. The van der Waals surface area contributed by atoms with E-state index in [-0.39, 0.29) is 35.2 Å². The molecule has 0 unspecified atom stereocenters. The van der Waals surface area contributed by atoms with Crippen molar-refractivity contribution in [3.8, 4) is 0 Å². The lowest BCUT2D eigenvalue weighted by Crippen LogP contribution is -2.40. The molecule has 1 fully saturated rings. The zero-order chi connectivity index (χ0) is 15.5. The number of hydrogen-bond donors (Lipinski definition) is 0. The van der Waals surface area contributed by atoms with Gasteiger partial charge in [0.2, 0.25) is 15.3 Å². The van der Waals surface area contributed by atoms with E-state index in [0.29, 0.717) is 19.4 Å². The molecule has 0 aromatic carbocycles. The summed E-state index contributed by atoms with van der Waals surface area (Å²) in [4.78, 5) is 19.0. The van der Waals surface area contributed by atoms with Crippen LogP contribution in [0, 0.1) is 5.92 Å². The highest BCUT2D eigenvalue weighted by Crippen LogP contribution is 2.24. The van der Waals surface area contributed by atoms with E-state index in [0.717, 1.165) is 0 Å². The van der Waals surface area contributed by atoms with Crippen LogP contribution in [0.4, 0.5) is 0 Å². The van der Waals surface area contributed by atoms with Crippen LogP contribution in [0.5, 0.6) is 0 Å². The average molecular weight is 334 g/mol. The third-order valence-electron chi connectivity index (χ3n) is 3.31. The lowest BCUT2D eigenvalue weighted by Gasteiger charge is -2.29. The minimum atomic E-state index is -3.64. The number of carbonyl (C=O) groups excluding carboxylic acids is 1. The maximum Gasteiger partial charge on any atom is 0.309 e. The van der Waals surface area contributed by atoms with E-state index < -0.39 is 10.0 Å². The first kappa shape index (κ1) is 16.1. The number of piperidine rings is 1. The fourth-order valence-electron chi connectivity index (χ4n) is 2.17. The Morgan fingerprint density at radius 2 is 1.95 bits per heavy atom. The summed E-state index contributed by atoms with van der Waals surface area (Å²) < 4.78 is 31.1. The summed E-state index contributed by atoms with van der Waals surface area (Å²) in [5.74, 6) is -0.498. The number of hydrogen-bond acceptors (Lipinski definition) is 6. The number of nitrogens with zero attached hydrogens (tertiary/aromatic N) is 3. The topological polar surface area (TPSA) is 89.5 Å². The van der Waals surface area contributed by atoms with Crippen LogP contribution in [0.2, 0.25) is 5.28 Å². The molecular formula is C12H16ClN3O4S. The molecule has 21 heavy (non-hydrogen) atoms. The number of ether oxygens (including phenoxy) is 1. The number of halogens is 1. The molecule has 1 aromatic rings. The van der Waals surface area contributed by atoms with Gasteiger partial charge in [-0.15, -0.1) is 0 Å². The summed E-state index contributed by atoms with van der Waals surface area (Å²) in [6, 6.07) is 0. The molecule has 0 radical (unpaired) electrons. The monoisotopic (exact) mass is 333 g/mol. The molecule has 0 aliphatic carbocycles. The molecule has 0 bridgehead atoms. The standard InChI is InChI=1S/C12H16ClN3O4S/c1-2-20-11(17)9-3-5-16(6-4-9)21(18,19)10-7-14-12(13)15-8-10/h7-9H,2-6H2,1H3. The highest BCUT2D eigenvalue weighted by molar-refractivity contribution is 7.89. The van der Waals surface area contributed by atoms with Gasteiger partial charge in [-0.3, -0.25) is 4.79 Å². The van der Waals surface area contributed by atoms with E-state index in [1.54, 1.807) is 6.92 Å². The first-order chi connectivity index (χ1) is 9.95. The third kappa shape index (κ3) is 3.69. The Morgan fingerprint density at radius 1 is 1.38 bits per heavy atom. The van der Waals surface area contributed by atoms with Gasteiger partial charge in [-0.05, 0) is 31.4 Å². The number of aromatic nitrogens is 2. The number of sulfonamides is 1. The van der Waals surface area contributed by atoms with Crippen LogP contribution in [-0.4, -0.2) is 48.4 Å². The summed E-state index contributed by atoms with van der Waals surface area (Å²) >= 11 is 5.55. The van der Waals surface area contributed by atoms with Crippen LogP contribution in [0.1, 0.15) is 19.8 Å². The highest BCUT2D eigenvalue weighted by Gasteiger charge is 2.33. The van der Waals surface area contributed by atoms with E-state index in [2.05, 4.69) is 9.97 Å². The summed E-state index contributed by atoms with van der Waals surface area (Å²) in [5, 5.41) is -0.00466. The van der Waals surface area contributed by atoms with Gasteiger partial charge in [0.25, 0.3) is 0 Å². The fraction of sp³-hybridized carbons (Fsp3) is 0.583. The first-order valence-electron chi connectivity index (χ1n) is 6.59. The van der Waals surface area contributed by atoms with E-state index in [1.165, 1.54) is 16.7 Å². The quantitative estimate of drug-likeness (QED) is 0.605. The fourth-order valence-corrected chi connectivity index (χ4v) is 3.63. The maximum absolute atomic E-state index is 12.4. The molecule has 9 heteroatoms. The van der Waals surface area contributed by atoms with Gasteiger partial charge in [-0.25, -0.2) is 18.4 Å². The Bertz CT molecular complexity index is 597. The molecule has 1 saturated heterocycles. The van der Waals surface area contributed by atoms with Crippen molar-refractivity contribution in [2.45, 2.75) is 24.7 Å². The van der Waals surface area contributed by atoms with Gasteiger partial charge >= 0.3 is 5.97 Å². The van der Waals surface area contributed by atoms with E-state index in [1.807, 2.05) is 0 Å². The molecule has 0 N–H and O–H groups in total. The van der Waals surface area contributed by atoms with Gasteiger partial charge in [0, 0.05) is 13.1 Å². The molecule has 7 nitrogen and oxygen atoms in total. The molecule has 116 valence electrons. The summed E-state index contributed by atoms with van der Waals surface area (Å²) in [7, 11) is -3.64. The van der Waals surface area contributed by atoms with E-state index in [9.17, 15) is 13.2 Å². The van der Waals surface area contributed by atoms with E-state index in [4.69, 9.17) is 16.3 Å². The Balaban J connectivity index is 2.04. The van der Waals surface area contributed by atoms with Crippen molar-refractivity contribution in [2.24, 2.45) is 5.92 Å². The molecule has 0 saturated carbocycles. The predicted octanol–water partition coefficient (Wildman–Crippen LogP) is 1.09. The molecule has 2 rings (SSSR count). The van der Waals surface area contributed by atoms with E-state index >= 15 is 0 Å². The largest absolute Gasteiger partial charge is 0.466 e. The summed E-state index contributed by atoms with van der Waals surface area (Å²) in [6.07, 6.45) is 3.27. The van der Waals surface area contributed by atoms with Crippen molar-refractivity contribution in [1.29, 1.82) is 0 Å². The van der Waals surface area contributed by atoms with Crippen molar-refractivity contribution in [2.75, 3.05) is 19.7 Å². The first-order valence-corrected chi connectivity index (χ1v) is 8.41. The predicted molar refractivity (Wildman–Crippen MR) is 75.2 cm³/mol. The second-order valence-electron chi connectivity index (χ2n) is 4.62. The Morgan fingerprint density at radius 3 is 2.48 bits per heavy atom. The lowest BCUT2D eigenvalue weighted by atomic mass is 9.98. The van der Waals surface area contributed by atoms with Gasteiger partial charge in [-0.1, -0.05) is 0 Å². The van der Waals surface area contributed by atoms with Crippen LogP contribution < -0.4 is 0 Å². The van der Waals surface area contributed by atoms with Crippen LogP contribution in [0.25, 0.3) is 0 Å². The van der Waals surface area contributed by atoms with Crippen LogP contribution >= 0.6 is 11.6 Å². The van der Waals surface area contributed by atoms with Crippen LogP contribution in [-0.2, 0) is 19.6 Å².